The average Bonchev–Trinajstić information content (AvgIpc) is 3.56. The molecule has 5 rings (SSSR count). The Balaban J connectivity index is 1.61. The minimum Gasteiger partial charge on any atom is -0.465 e. The van der Waals surface area contributed by atoms with Gasteiger partial charge in [0, 0.05) is 43.7 Å². The van der Waals surface area contributed by atoms with Gasteiger partial charge in [0.25, 0.3) is 11.5 Å². The van der Waals surface area contributed by atoms with Crippen molar-refractivity contribution >= 4 is 50.9 Å². The molecule has 0 fully saturated rings. The number of aromatic nitrogens is 3. The van der Waals surface area contributed by atoms with Crippen molar-refractivity contribution in [3.63, 3.8) is 0 Å². The Morgan fingerprint density at radius 2 is 1.81 bits per heavy atom. The van der Waals surface area contributed by atoms with Gasteiger partial charge in [-0.25, -0.2) is 14.2 Å². The maximum absolute atomic E-state index is 14.0. The summed E-state index contributed by atoms with van der Waals surface area (Å²) >= 11 is 1.17. The molecule has 0 saturated carbocycles. The molecule has 9 nitrogen and oxygen atoms in total. The van der Waals surface area contributed by atoms with Gasteiger partial charge in [-0.3, -0.25) is 9.59 Å². The Hall–Kier alpha value is -3.66. The third-order valence-corrected chi connectivity index (χ3v) is 9.12. The summed E-state index contributed by atoms with van der Waals surface area (Å²) in [4.78, 5) is 49.8. The lowest BCUT2D eigenvalue weighted by Crippen LogP contribution is -2.34. The van der Waals surface area contributed by atoms with Crippen molar-refractivity contribution in [3.05, 3.63) is 56.6 Å². The van der Waals surface area contributed by atoms with Crippen LogP contribution in [0.4, 0.5) is 0 Å². The molecule has 0 radical (unpaired) electrons. The number of benzene rings is 1. The number of fused-ring (bicyclic) bond motifs is 4. The number of imidazole rings is 1. The molecule has 0 aliphatic carbocycles. The number of methoxy groups -OCH3 is 1. The zero-order valence-electron chi connectivity index (χ0n) is 26.0. The summed E-state index contributed by atoms with van der Waals surface area (Å²) in [6, 6.07) is 5.58. The number of carbonyl (C=O) groups is 2. The van der Waals surface area contributed by atoms with Gasteiger partial charge >= 0.3 is 5.97 Å². The van der Waals surface area contributed by atoms with Crippen LogP contribution in [0.5, 0.6) is 0 Å². The van der Waals surface area contributed by atoms with Crippen LogP contribution < -0.4 is 5.56 Å². The number of allylic oxidation sites excluding steroid dienone is 1. The van der Waals surface area contributed by atoms with E-state index in [1.165, 1.54) is 18.4 Å². The number of hydrogen-bond acceptors (Lipinski definition) is 7. The number of esters is 1. The normalized spacial score (nSPS) is 13.7. The summed E-state index contributed by atoms with van der Waals surface area (Å²) < 4.78 is 8.59. The Bertz CT molecular complexity index is 1700. The highest BCUT2D eigenvalue weighted by molar-refractivity contribution is 7.13. The van der Waals surface area contributed by atoms with Crippen molar-refractivity contribution in [2.75, 3.05) is 33.3 Å². The number of ether oxygens (including phenoxy) is 1. The quantitative estimate of drug-likeness (QED) is 0.179. The number of carbonyl (C=O) groups excluding carboxylic acids is 2. The van der Waals surface area contributed by atoms with Crippen molar-refractivity contribution in [2.24, 2.45) is 11.8 Å². The van der Waals surface area contributed by atoms with Crippen LogP contribution in [-0.2, 0) is 11.3 Å². The highest BCUT2D eigenvalue weighted by Gasteiger charge is 2.24. The van der Waals surface area contributed by atoms with Gasteiger partial charge in [0.1, 0.15) is 4.88 Å². The Morgan fingerprint density at radius 1 is 1.07 bits per heavy atom. The second-order valence-electron chi connectivity index (χ2n) is 12.3. The smallest absolute Gasteiger partial charge is 0.348 e. The molecule has 0 unspecified atom stereocenters. The second kappa shape index (κ2) is 13.3. The van der Waals surface area contributed by atoms with Crippen LogP contribution in [-0.4, -0.2) is 68.9 Å². The van der Waals surface area contributed by atoms with Gasteiger partial charge < -0.3 is 19.1 Å². The molecule has 0 bridgehead atoms. The van der Waals surface area contributed by atoms with E-state index in [9.17, 15) is 14.4 Å². The second-order valence-corrected chi connectivity index (χ2v) is 13.2. The molecule has 3 aromatic heterocycles. The Morgan fingerprint density at radius 3 is 2.47 bits per heavy atom. The monoisotopic (exact) mass is 605 g/mol. The maximum Gasteiger partial charge on any atom is 0.348 e. The van der Waals surface area contributed by atoms with Crippen LogP contribution in [0.25, 0.3) is 27.7 Å². The predicted molar refractivity (Wildman–Crippen MR) is 173 cm³/mol. The average molecular weight is 606 g/mol. The predicted octanol–water partition coefficient (Wildman–Crippen LogP) is 6.18. The first-order chi connectivity index (χ1) is 20.7. The summed E-state index contributed by atoms with van der Waals surface area (Å²) in [5.41, 5.74) is 2.23. The number of aryl methyl sites for hydroxylation is 1. The first-order valence-corrected chi connectivity index (χ1v) is 16.3. The molecule has 0 spiro atoms. The molecule has 4 aromatic rings. The van der Waals surface area contributed by atoms with Gasteiger partial charge in [-0.15, -0.1) is 11.3 Å². The lowest BCUT2D eigenvalue weighted by molar-refractivity contribution is 0.0607. The van der Waals surface area contributed by atoms with Crippen LogP contribution in [0.3, 0.4) is 0 Å². The van der Waals surface area contributed by atoms with Gasteiger partial charge in [0.15, 0.2) is 0 Å². The maximum atomic E-state index is 14.0. The highest BCUT2D eigenvalue weighted by atomic mass is 32.1. The van der Waals surface area contributed by atoms with Crippen molar-refractivity contribution in [1.82, 2.24) is 23.8 Å². The largest absolute Gasteiger partial charge is 0.465 e. The number of thiophene rings is 1. The molecular weight excluding hydrogens is 562 g/mol. The molecule has 0 saturated heterocycles. The zero-order valence-corrected chi connectivity index (χ0v) is 26.8. The fourth-order valence-electron chi connectivity index (χ4n) is 5.68. The third kappa shape index (κ3) is 6.49. The fourth-order valence-corrected chi connectivity index (χ4v) is 6.57. The van der Waals surface area contributed by atoms with Crippen LogP contribution >= 0.6 is 11.3 Å². The number of rotatable bonds is 12. The number of amides is 1. The van der Waals surface area contributed by atoms with Gasteiger partial charge in [-0.05, 0) is 68.3 Å². The topological polar surface area (TPSA) is 89.2 Å². The molecule has 1 aromatic carbocycles. The standard InChI is InChI=1S/C33H43N5O4S/c1-22(2)12-18-36(19-13-23(3)4)30(39)24-10-11-26-27(20-24)37(17-9-16-35-14-7-6-8-15-35)33-34-25-21-43-29(32(41)42-5)28(25)31(40)38(26)33/h7,10-11,14,20-23H,6,8-9,12-13,15-19H2,1-5H3. The SMILES string of the molecule is COC(=O)c1scc2nc3n(CCCN4C=CCCC4)c4cc(C(=O)N(CCC(C)C)CCC(C)C)ccc4n3c(=O)c12. The molecule has 1 aliphatic rings. The van der Waals surface area contributed by atoms with E-state index in [-0.39, 0.29) is 21.7 Å². The summed E-state index contributed by atoms with van der Waals surface area (Å²) in [6.45, 7) is 12.7. The number of hydrogen-bond donors (Lipinski definition) is 0. The van der Waals surface area contributed by atoms with E-state index in [1.807, 2.05) is 23.1 Å². The van der Waals surface area contributed by atoms with E-state index >= 15 is 0 Å². The molecule has 1 amide bonds. The highest BCUT2D eigenvalue weighted by Crippen LogP contribution is 2.27. The first kappa shape index (κ1) is 30.8. The van der Waals surface area contributed by atoms with Gasteiger partial charge in [-0.2, -0.15) is 0 Å². The zero-order chi connectivity index (χ0) is 30.7. The summed E-state index contributed by atoms with van der Waals surface area (Å²) in [7, 11) is 1.31. The van der Waals surface area contributed by atoms with Gasteiger partial charge in [-0.1, -0.05) is 33.8 Å². The molecule has 43 heavy (non-hydrogen) atoms. The van der Waals surface area contributed by atoms with E-state index in [0.717, 1.165) is 50.7 Å². The molecular formula is C33H43N5O4S. The minimum atomic E-state index is -0.548. The number of nitrogens with zero attached hydrogens (tertiary/aromatic N) is 5. The Labute approximate surface area is 256 Å². The van der Waals surface area contributed by atoms with Crippen molar-refractivity contribution in [2.45, 2.75) is 66.3 Å². The van der Waals surface area contributed by atoms with Crippen LogP contribution in [0.1, 0.15) is 79.8 Å². The van der Waals surface area contributed by atoms with E-state index in [2.05, 4.69) is 49.4 Å². The van der Waals surface area contributed by atoms with Crippen molar-refractivity contribution in [1.29, 1.82) is 0 Å². The van der Waals surface area contributed by atoms with Gasteiger partial charge in [0.2, 0.25) is 5.78 Å². The van der Waals surface area contributed by atoms with E-state index in [0.29, 0.717) is 53.8 Å². The van der Waals surface area contributed by atoms with E-state index in [4.69, 9.17) is 9.72 Å². The molecule has 0 N–H and O–H groups in total. The molecule has 230 valence electrons. The summed E-state index contributed by atoms with van der Waals surface area (Å²) in [5.74, 6) is 0.962. The van der Waals surface area contributed by atoms with E-state index < -0.39 is 5.97 Å². The van der Waals surface area contributed by atoms with Gasteiger partial charge in [0.05, 0.1) is 29.0 Å². The minimum absolute atomic E-state index is 0.00676. The van der Waals surface area contributed by atoms with Crippen molar-refractivity contribution < 1.29 is 14.3 Å². The molecule has 10 heteroatoms. The van der Waals surface area contributed by atoms with Crippen LogP contribution in [0.15, 0.2) is 40.6 Å². The van der Waals surface area contributed by atoms with Crippen molar-refractivity contribution in [3.8, 4) is 0 Å². The summed E-state index contributed by atoms with van der Waals surface area (Å²) in [6.07, 6.45) is 9.37. The molecule has 4 heterocycles. The lowest BCUT2D eigenvalue weighted by Gasteiger charge is -2.25. The Kier molecular flexibility index (Phi) is 9.54. The molecule has 1 aliphatic heterocycles. The first-order valence-electron chi connectivity index (χ1n) is 15.4. The van der Waals surface area contributed by atoms with Crippen LogP contribution in [0.2, 0.25) is 0 Å². The van der Waals surface area contributed by atoms with Crippen LogP contribution in [0, 0.1) is 11.8 Å². The fraction of sp³-hybridized carbons (Fsp3) is 0.515. The summed E-state index contributed by atoms with van der Waals surface area (Å²) in [5, 5.41) is 2.00. The third-order valence-electron chi connectivity index (χ3n) is 8.17. The van der Waals surface area contributed by atoms with E-state index in [1.54, 1.807) is 9.78 Å². The lowest BCUT2D eigenvalue weighted by atomic mass is 10.1. The molecule has 0 atom stereocenters.